The second kappa shape index (κ2) is 6.26. The van der Waals surface area contributed by atoms with Gasteiger partial charge in [0.15, 0.2) is 0 Å². The largest absolute Gasteiger partial charge is 0.508 e. The van der Waals surface area contributed by atoms with E-state index < -0.39 is 4.92 Å². The molecule has 0 radical (unpaired) electrons. The average Bonchev–Trinajstić information content (AvgIpc) is 2.46. The number of nitrogens with one attached hydrogen (secondary N) is 1. The van der Waals surface area contributed by atoms with E-state index in [0.29, 0.717) is 18.2 Å². The molecule has 0 fully saturated rings. The number of nitrogens with zero attached hydrogens (tertiary/aromatic N) is 1. The summed E-state index contributed by atoms with van der Waals surface area (Å²) in [6.07, 6.45) is 0. The molecule has 5 nitrogen and oxygen atoms in total. The molecular weight excluding hydrogens is 268 g/mol. The van der Waals surface area contributed by atoms with Gasteiger partial charge in [0.1, 0.15) is 11.4 Å². The van der Waals surface area contributed by atoms with Gasteiger partial charge in [-0.05, 0) is 29.2 Å². The number of hydrogen-bond donors (Lipinski definition) is 2. The van der Waals surface area contributed by atoms with Crippen molar-refractivity contribution in [1.82, 2.24) is 0 Å². The van der Waals surface area contributed by atoms with Crippen LogP contribution in [0.1, 0.15) is 30.9 Å². The van der Waals surface area contributed by atoms with Crippen molar-refractivity contribution >= 4 is 11.4 Å². The third-order valence-corrected chi connectivity index (χ3v) is 3.31. The Kier molecular flexibility index (Phi) is 4.42. The molecule has 0 amide bonds. The van der Waals surface area contributed by atoms with E-state index in [2.05, 4.69) is 31.3 Å². The summed E-state index contributed by atoms with van der Waals surface area (Å²) < 4.78 is 0. The van der Waals surface area contributed by atoms with E-state index in [9.17, 15) is 15.2 Å². The van der Waals surface area contributed by atoms with Crippen LogP contribution in [0.3, 0.4) is 0 Å². The van der Waals surface area contributed by atoms with Crippen LogP contribution in [0.2, 0.25) is 0 Å². The van der Waals surface area contributed by atoms with E-state index in [1.807, 2.05) is 12.1 Å². The van der Waals surface area contributed by atoms with Crippen LogP contribution >= 0.6 is 0 Å². The molecule has 0 aliphatic rings. The van der Waals surface area contributed by atoms with Gasteiger partial charge in [0.05, 0.1) is 11.0 Å². The van der Waals surface area contributed by atoms with Crippen molar-refractivity contribution in [3.8, 4) is 5.75 Å². The molecule has 0 spiro atoms. The number of anilines is 1. The molecule has 2 aromatic rings. The molecule has 0 aliphatic carbocycles. The summed E-state index contributed by atoms with van der Waals surface area (Å²) in [5.74, 6) is 0.360. The van der Waals surface area contributed by atoms with Crippen molar-refractivity contribution in [3.05, 3.63) is 63.7 Å². The van der Waals surface area contributed by atoms with Crippen molar-refractivity contribution in [3.63, 3.8) is 0 Å². The van der Waals surface area contributed by atoms with Crippen LogP contribution in [0.15, 0.2) is 42.5 Å². The SMILES string of the molecule is CC(C)c1ccc(CNc2ccc(O)cc2[N+](=O)[O-])cc1. The fourth-order valence-corrected chi connectivity index (χ4v) is 2.04. The molecule has 0 aromatic heterocycles. The average molecular weight is 286 g/mol. The van der Waals surface area contributed by atoms with Gasteiger partial charge >= 0.3 is 0 Å². The molecule has 0 bridgehead atoms. The van der Waals surface area contributed by atoms with Gasteiger partial charge in [-0.3, -0.25) is 10.1 Å². The van der Waals surface area contributed by atoms with Gasteiger partial charge in [-0.15, -0.1) is 0 Å². The van der Waals surface area contributed by atoms with Crippen LogP contribution in [0.5, 0.6) is 5.75 Å². The fraction of sp³-hybridized carbons (Fsp3) is 0.250. The minimum absolute atomic E-state index is 0.117. The molecule has 0 saturated heterocycles. The standard InChI is InChI=1S/C16H18N2O3/c1-11(2)13-5-3-12(4-6-13)10-17-15-8-7-14(19)9-16(15)18(20)21/h3-9,11,17,19H,10H2,1-2H3. The molecule has 0 atom stereocenters. The number of rotatable bonds is 5. The molecule has 2 N–H and O–H groups in total. The molecule has 2 rings (SSSR count). The smallest absolute Gasteiger partial charge is 0.296 e. The summed E-state index contributed by atoms with van der Waals surface area (Å²) in [7, 11) is 0. The highest BCUT2D eigenvalue weighted by Crippen LogP contribution is 2.28. The zero-order valence-electron chi connectivity index (χ0n) is 12.0. The number of phenolic OH excluding ortho intramolecular Hbond substituents is 1. The Balaban J connectivity index is 2.11. The van der Waals surface area contributed by atoms with E-state index in [-0.39, 0.29) is 11.4 Å². The van der Waals surface area contributed by atoms with E-state index in [1.54, 1.807) is 0 Å². The van der Waals surface area contributed by atoms with Crippen molar-refractivity contribution in [2.45, 2.75) is 26.3 Å². The zero-order valence-corrected chi connectivity index (χ0v) is 12.0. The summed E-state index contributed by atoms with van der Waals surface area (Å²) >= 11 is 0. The molecular formula is C16H18N2O3. The van der Waals surface area contributed by atoms with E-state index >= 15 is 0 Å². The quantitative estimate of drug-likeness (QED) is 0.494. The lowest BCUT2D eigenvalue weighted by Gasteiger charge is -2.09. The van der Waals surface area contributed by atoms with E-state index in [4.69, 9.17) is 0 Å². The van der Waals surface area contributed by atoms with Gasteiger partial charge in [-0.1, -0.05) is 38.1 Å². The molecule has 0 heterocycles. The van der Waals surface area contributed by atoms with Gasteiger partial charge in [-0.2, -0.15) is 0 Å². The Morgan fingerprint density at radius 2 is 1.86 bits per heavy atom. The fourth-order valence-electron chi connectivity index (χ4n) is 2.04. The van der Waals surface area contributed by atoms with Crippen LogP contribution in [-0.2, 0) is 6.54 Å². The minimum Gasteiger partial charge on any atom is -0.508 e. The lowest BCUT2D eigenvalue weighted by Crippen LogP contribution is -2.02. The second-order valence-electron chi connectivity index (χ2n) is 5.21. The normalized spacial score (nSPS) is 10.6. The third kappa shape index (κ3) is 3.72. The Bertz CT molecular complexity index is 636. The maximum Gasteiger partial charge on any atom is 0.296 e. The summed E-state index contributed by atoms with van der Waals surface area (Å²) in [5.41, 5.74) is 2.57. The Morgan fingerprint density at radius 1 is 1.19 bits per heavy atom. The number of nitro benzene ring substituents is 1. The van der Waals surface area contributed by atoms with Crippen molar-refractivity contribution in [2.24, 2.45) is 0 Å². The van der Waals surface area contributed by atoms with Crippen LogP contribution in [0.25, 0.3) is 0 Å². The van der Waals surface area contributed by atoms with Crippen LogP contribution in [-0.4, -0.2) is 10.0 Å². The highest BCUT2D eigenvalue weighted by atomic mass is 16.6. The highest BCUT2D eigenvalue weighted by molar-refractivity contribution is 5.63. The maximum absolute atomic E-state index is 11.0. The van der Waals surface area contributed by atoms with E-state index in [0.717, 1.165) is 11.6 Å². The summed E-state index contributed by atoms with van der Waals surface area (Å²) in [5, 5.41) is 23.3. The lowest BCUT2D eigenvalue weighted by atomic mass is 10.0. The highest BCUT2D eigenvalue weighted by Gasteiger charge is 2.14. The van der Waals surface area contributed by atoms with Gasteiger partial charge in [0, 0.05) is 6.54 Å². The predicted molar refractivity (Wildman–Crippen MR) is 82.6 cm³/mol. The Labute approximate surface area is 123 Å². The first-order valence-corrected chi connectivity index (χ1v) is 6.77. The second-order valence-corrected chi connectivity index (χ2v) is 5.21. The van der Waals surface area contributed by atoms with Crippen molar-refractivity contribution in [1.29, 1.82) is 0 Å². The predicted octanol–water partition coefficient (Wildman–Crippen LogP) is 4.04. The minimum atomic E-state index is -0.510. The van der Waals surface area contributed by atoms with Gasteiger partial charge < -0.3 is 10.4 Å². The molecule has 0 saturated carbocycles. The van der Waals surface area contributed by atoms with Gasteiger partial charge in [0.2, 0.25) is 0 Å². The first-order chi connectivity index (χ1) is 9.97. The van der Waals surface area contributed by atoms with Gasteiger partial charge in [-0.25, -0.2) is 0 Å². The number of aromatic hydroxyl groups is 1. The number of phenols is 1. The van der Waals surface area contributed by atoms with Crippen LogP contribution in [0, 0.1) is 10.1 Å². The monoisotopic (exact) mass is 286 g/mol. The maximum atomic E-state index is 11.0. The third-order valence-electron chi connectivity index (χ3n) is 3.31. The topological polar surface area (TPSA) is 75.4 Å². The number of hydrogen-bond acceptors (Lipinski definition) is 4. The number of nitro groups is 1. The zero-order chi connectivity index (χ0) is 15.4. The summed E-state index contributed by atoms with van der Waals surface area (Å²) in [6.45, 7) is 4.75. The summed E-state index contributed by atoms with van der Waals surface area (Å²) in [6, 6.07) is 12.2. The molecule has 21 heavy (non-hydrogen) atoms. The Hall–Kier alpha value is -2.56. The molecule has 0 aliphatic heterocycles. The summed E-state index contributed by atoms with van der Waals surface area (Å²) in [4.78, 5) is 10.4. The lowest BCUT2D eigenvalue weighted by molar-refractivity contribution is -0.384. The van der Waals surface area contributed by atoms with Crippen molar-refractivity contribution in [2.75, 3.05) is 5.32 Å². The van der Waals surface area contributed by atoms with Crippen LogP contribution < -0.4 is 5.32 Å². The molecule has 5 heteroatoms. The van der Waals surface area contributed by atoms with Crippen LogP contribution in [0.4, 0.5) is 11.4 Å². The first kappa shape index (κ1) is 14.8. The number of benzene rings is 2. The molecule has 110 valence electrons. The molecule has 2 aromatic carbocycles. The first-order valence-electron chi connectivity index (χ1n) is 6.77. The van der Waals surface area contributed by atoms with Crippen molar-refractivity contribution < 1.29 is 10.0 Å². The van der Waals surface area contributed by atoms with E-state index in [1.165, 1.54) is 17.7 Å². The van der Waals surface area contributed by atoms with Gasteiger partial charge in [0.25, 0.3) is 5.69 Å². The molecule has 0 unspecified atom stereocenters. The Morgan fingerprint density at radius 3 is 2.43 bits per heavy atom.